The summed E-state index contributed by atoms with van der Waals surface area (Å²) < 4.78 is 6.34. The molecule has 3 heterocycles. The number of hydrogen-bond donors (Lipinski definition) is 0. The SMILES string of the molecule is C1CSC2=C(S1)SC(=C1SC3=C(CC45c6c7c8c9c%10c%11c(c%12c%13c4c4c6c6c%14c7c7c8c8c%10c%10c%15c%11c%11c%12c%12c%13c%13c4c4c6c6c%14c%14c7c7c8c%10c8c%10c%15c%11c%11c%12c%12c%13c4c4c6c6c%14c7c8c7c%10c%11c%12c4c67)C95C3)S1)S2. The molecule has 8 aliphatic rings. The van der Waals surface area contributed by atoms with Gasteiger partial charge in [-0.3, -0.25) is 0 Å². The molecule has 324 valence electrons. The van der Waals surface area contributed by atoms with Gasteiger partial charge in [-0.25, -0.2) is 0 Å². The first-order valence-corrected chi connectivity index (χ1v) is 33.0. The van der Waals surface area contributed by atoms with Crippen molar-refractivity contribution in [2.24, 2.45) is 0 Å². The molecular formula is C70H8S6. The van der Waals surface area contributed by atoms with E-state index in [1.54, 1.807) is 318 Å². The Balaban J connectivity index is 0.999. The van der Waals surface area contributed by atoms with E-state index in [-0.39, 0.29) is 10.8 Å². The summed E-state index contributed by atoms with van der Waals surface area (Å²) in [5.74, 6) is 2.48. The van der Waals surface area contributed by atoms with E-state index in [2.05, 4.69) is 70.6 Å². The van der Waals surface area contributed by atoms with Crippen molar-refractivity contribution in [1.82, 2.24) is 0 Å². The molecule has 0 bridgehead atoms. The first-order chi connectivity index (χ1) is 37.8. The van der Waals surface area contributed by atoms with Crippen LogP contribution in [0.4, 0.5) is 0 Å². The van der Waals surface area contributed by atoms with Gasteiger partial charge in [-0.2, -0.15) is 0 Å². The molecular weight excluding hydrogens is 1030 g/mol. The van der Waals surface area contributed by atoms with Crippen LogP contribution in [0, 0.1) is 0 Å². The number of thioether (sulfide) groups is 6. The second kappa shape index (κ2) is 7.32. The molecule has 0 saturated heterocycles. The first-order valence-electron chi connectivity index (χ1n) is 27.8. The van der Waals surface area contributed by atoms with Gasteiger partial charge >= 0.3 is 0 Å². The number of rotatable bonds is 0. The summed E-state index contributed by atoms with van der Waals surface area (Å²) in [5, 5.41) is 91.7. The van der Waals surface area contributed by atoms with Crippen molar-refractivity contribution >= 4 is 361 Å². The van der Waals surface area contributed by atoms with Crippen molar-refractivity contribution in [2.75, 3.05) is 11.5 Å². The molecule has 0 fully saturated rings. The van der Waals surface area contributed by atoms with Crippen molar-refractivity contribution in [2.45, 2.75) is 23.7 Å². The summed E-state index contributed by atoms with van der Waals surface area (Å²) in [7, 11) is 0. The zero-order chi connectivity index (χ0) is 45.0. The second-order valence-electron chi connectivity index (χ2n) is 27.0. The third-order valence-corrected chi connectivity index (χ3v) is 35.5. The lowest BCUT2D eigenvalue weighted by Crippen LogP contribution is -2.53. The lowest BCUT2D eigenvalue weighted by Gasteiger charge is -2.57. The molecule has 76 heavy (non-hydrogen) atoms. The van der Waals surface area contributed by atoms with Gasteiger partial charge in [-0.15, -0.1) is 23.5 Å². The zero-order valence-electron chi connectivity index (χ0n) is 38.3. The third kappa shape index (κ3) is 1.78. The molecule has 0 unspecified atom stereocenters. The summed E-state index contributed by atoms with van der Waals surface area (Å²) in [6.07, 6.45) is 2.27. The predicted molar refractivity (Wildman–Crippen MR) is 339 cm³/mol. The average Bonchev–Trinajstić information content (AvgIpc) is 3.00. The monoisotopic (exact) mass is 1040 g/mol. The maximum Gasteiger partial charge on any atom is 0.0717 e. The Morgan fingerprint density at radius 2 is 0.329 bits per heavy atom. The van der Waals surface area contributed by atoms with Gasteiger partial charge in [0.25, 0.3) is 0 Å². The Morgan fingerprint density at radius 1 is 0.171 bits per heavy atom. The summed E-state index contributed by atoms with van der Waals surface area (Å²) >= 11 is 13.0. The van der Waals surface area contributed by atoms with Crippen molar-refractivity contribution in [3.63, 3.8) is 0 Å². The van der Waals surface area contributed by atoms with Crippen LogP contribution in [0.15, 0.2) is 26.8 Å². The minimum absolute atomic E-state index is 0.190. The zero-order valence-corrected chi connectivity index (χ0v) is 43.2. The first kappa shape index (κ1) is 30.6. The van der Waals surface area contributed by atoms with E-state index in [4.69, 9.17) is 0 Å². The molecule has 2 spiro atoms. The standard InChI is InChI=1S/C70H8S6/c1-2-72-66-65(71-1)75-68(76-66)67-73-5-3-69-61-53-45-35-25-17-9-7-8-11-15-13(9)21-29-23(15)33-27-19(11)20-12(8)16-14-10(7)18(17)26-32-22(14)30-24(16)34-28(20)38-37(27)47-41(33)51-43(29)49(39(45)31(21)25)57(61)59(51)63-55(47)56-48(38)42(34)52-44(30)50-40(32)46(36(26)35)54(53)62(69)58(50)60(52)64(56)70(63,69)4-6(5)74-67/h1-4H2. The van der Waals surface area contributed by atoms with Gasteiger partial charge in [-0.1, -0.05) is 47.0 Å². The van der Waals surface area contributed by atoms with Crippen molar-refractivity contribution < 1.29 is 0 Å². The summed E-state index contributed by atoms with van der Waals surface area (Å²) in [4.78, 5) is 3.45. The summed E-state index contributed by atoms with van der Waals surface area (Å²) in [6.45, 7) is 0. The van der Waals surface area contributed by atoms with Crippen LogP contribution in [0.2, 0.25) is 0 Å². The molecule has 0 N–H and O–H groups in total. The molecule has 5 aliphatic carbocycles. The van der Waals surface area contributed by atoms with Gasteiger partial charge in [0.05, 0.1) is 16.9 Å². The fraction of sp³-hybridized carbons (Fsp3) is 0.0857. The van der Waals surface area contributed by atoms with Crippen LogP contribution < -0.4 is 0 Å². The Kier molecular flexibility index (Phi) is 2.95. The van der Waals surface area contributed by atoms with Gasteiger partial charge < -0.3 is 0 Å². The normalized spacial score (nSPS) is 24.8. The fourth-order valence-corrected chi connectivity index (χ4v) is 35.4. The molecule has 0 saturated carbocycles. The molecule has 28 aromatic rings. The molecule has 28 aromatic carbocycles. The van der Waals surface area contributed by atoms with Crippen LogP contribution in [-0.4, -0.2) is 11.5 Å². The lowest BCUT2D eigenvalue weighted by molar-refractivity contribution is 0.309. The van der Waals surface area contributed by atoms with Gasteiger partial charge in [0, 0.05) is 32.1 Å². The second-order valence-corrected chi connectivity index (χ2v) is 34.5. The molecule has 0 radical (unpaired) electrons. The van der Waals surface area contributed by atoms with E-state index in [0.717, 1.165) is 12.8 Å². The highest BCUT2D eigenvalue weighted by Crippen LogP contribution is 2.87. The van der Waals surface area contributed by atoms with E-state index in [9.17, 15) is 0 Å². The number of allylic oxidation sites excluding steroid dienone is 2. The molecule has 6 heteroatoms. The van der Waals surface area contributed by atoms with E-state index >= 15 is 0 Å². The third-order valence-electron chi connectivity index (χ3n) is 26.5. The van der Waals surface area contributed by atoms with Gasteiger partial charge in [0.1, 0.15) is 0 Å². The molecule has 36 rings (SSSR count). The minimum atomic E-state index is -0.190. The van der Waals surface area contributed by atoms with Crippen LogP contribution in [0.1, 0.15) is 35.1 Å². The van der Waals surface area contributed by atoms with Crippen LogP contribution >= 0.6 is 70.6 Å². The van der Waals surface area contributed by atoms with Crippen molar-refractivity contribution in [3.8, 4) is 0 Å². The van der Waals surface area contributed by atoms with Crippen molar-refractivity contribution in [3.05, 3.63) is 49.0 Å². The minimum Gasteiger partial charge on any atom is -0.116 e. The highest BCUT2D eigenvalue weighted by atomic mass is 32.3. The van der Waals surface area contributed by atoms with E-state index in [1.807, 2.05) is 22.3 Å². The maximum atomic E-state index is 2.25. The summed E-state index contributed by atoms with van der Waals surface area (Å²) in [5.41, 5.74) is 6.94. The Labute approximate surface area is 441 Å². The quantitative estimate of drug-likeness (QED) is 0.138. The Hall–Kier alpha value is -6.22. The summed E-state index contributed by atoms with van der Waals surface area (Å²) in [6, 6.07) is 0. The van der Waals surface area contributed by atoms with E-state index in [0.29, 0.717) is 0 Å². The Bertz CT molecular complexity index is 7130. The van der Waals surface area contributed by atoms with Gasteiger partial charge in [0.15, 0.2) is 0 Å². The highest BCUT2D eigenvalue weighted by molar-refractivity contribution is 8.43. The smallest absolute Gasteiger partial charge is 0.0717 e. The molecule has 0 aromatic heterocycles. The molecule has 0 atom stereocenters. The largest absolute Gasteiger partial charge is 0.116 e. The molecule has 0 nitrogen and oxygen atoms in total. The topological polar surface area (TPSA) is 0 Å². The molecule has 3 aliphatic heterocycles. The molecule has 0 amide bonds. The van der Waals surface area contributed by atoms with Crippen LogP contribution in [0.3, 0.4) is 0 Å². The average molecular weight is 1040 g/mol. The van der Waals surface area contributed by atoms with Crippen LogP contribution in [0.25, 0.3) is 291 Å². The fourth-order valence-electron chi connectivity index (χ4n) is 26.2. The number of benzene rings is 18. The van der Waals surface area contributed by atoms with Gasteiger partial charge in [-0.05, 0) is 326 Å². The Morgan fingerprint density at radius 3 is 0.513 bits per heavy atom. The van der Waals surface area contributed by atoms with E-state index in [1.165, 1.54) is 11.5 Å². The lowest BCUT2D eigenvalue weighted by atomic mass is 9.45. The predicted octanol–water partition coefficient (Wildman–Crippen LogP) is 22.0. The maximum absolute atomic E-state index is 2.25. The van der Waals surface area contributed by atoms with Crippen LogP contribution in [0.5, 0.6) is 0 Å². The van der Waals surface area contributed by atoms with Crippen molar-refractivity contribution in [1.29, 1.82) is 0 Å². The van der Waals surface area contributed by atoms with Crippen LogP contribution in [-0.2, 0) is 10.8 Å². The van der Waals surface area contributed by atoms with E-state index < -0.39 is 0 Å². The highest BCUT2D eigenvalue weighted by Gasteiger charge is 2.71. The number of hydrogen-bond acceptors (Lipinski definition) is 6. The van der Waals surface area contributed by atoms with Gasteiger partial charge in [0.2, 0.25) is 0 Å².